The van der Waals surface area contributed by atoms with E-state index in [9.17, 15) is 0 Å². The van der Waals surface area contributed by atoms with E-state index < -0.39 is 0 Å². The van der Waals surface area contributed by atoms with Gasteiger partial charge < -0.3 is 24.6 Å². The Morgan fingerprint density at radius 1 is 0.963 bits per heavy atom. The Morgan fingerprint density at radius 2 is 1.74 bits per heavy atom. The number of nitrogens with one attached hydrogen (secondary N) is 1. The second kappa shape index (κ2) is 13.0. The molecular formula is C19H24Cl3NO4. The fraction of sp³-hybridized carbons (Fsp3) is 0.368. The lowest BCUT2D eigenvalue weighted by molar-refractivity contribution is 0.0938. The highest BCUT2D eigenvalue weighted by atomic mass is 35.5. The van der Waals surface area contributed by atoms with Crippen LogP contribution in [0, 0.1) is 0 Å². The quantitative estimate of drug-likeness (QED) is 0.519. The van der Waals surface area contributed by atoms with E-state index in [4.69, 9.17) is 42.5 Å². The summed E-state index contributed by atoms with van der Waals surface area (Å²) in [4.78, 5) is 0. The van der Waals surface area contributed by atoms with Gasteiger partial charge in [-0.1, -0.05) is 35.3 Å². The highest BCUT2D eigenvalue weighted by Crippen LogP contribution is 2.29. The van der Waals surface area contributed by atoms with Gasteiger partial charge in [-0.3, -0.25) is 0 Å². The van der Waals surface area contributed by atoms with Crippen molar-refractivity contribution in [3.8, 4) is 11.5 Å². The highest BCUT2D eigenvalue weighted by Gasteiger charge is 2.07. The van der Waals surface area contributed by atoms with Crippen molar-refractivity contribution in [1.29, 1.82) is 0 Å². The SMILES string of the molecule is COc1cc(CNCCOCCO)ccc1OCc1ccc(Cl)c(Cl)c1.Cl. The van der Waals surface area contributed by atoms with Crippen LogP contribution >= 0.6 is 35.6 Å². The van der Waals surface area contributed by atoms with Crippen LogP contribution in [-0.4, -0.2) is 38.6 Å². The summed E-state index contributed by atoms with van der Waals surface area (Å²) in [7, 11) is 1.61. The largest absolute Gasteiger partial charge is 0.493 e. The Morgan fingerprint density at radius 3 is 2.44 bits per heavy atom. The lowest BCUT2D eigenvalue weighted by Gasteiger charge is -2.13. The molecule has 150 valence electrons. The molecule has 0 atom stereocenters. The third kappa shape index (κ3) is 8.13. The van der Waals surface area contributed by atoms with Crippen LogP contribution in [0.3, 0.4) is 0 Å². The first-order chi connectivity index (χ1) is 12.6. The van der Waals surface area contributed by atoms with Gasteiger partial charge in [0.25, 0.3) is 0 Å². The number of hydrogen-bond donors (Lipinski definition) is 2. The molecule has 8 heteroatoms. The zero-order valence-electron chi connectivity index (χ0n) is 15.0. The summed E-state index contributed by atoms with van der Waals surface area (Å²) in [5, 5.41) is 12.9. The fourth-order valence-electron chi connectivity index (χ4n) is 2.28. The van der Waals surface area contributed by atoms with Crippen molar-refractivity contribution in [2.75, 3.05) is 33.5 Å². The van der Waals surface area contributed by atoms with E-state index in [0.717, 1.165) is 11.1 Å². The van der Waals surface area contributed by atoms with Gasteiger partial charge in [0.2, 0.25) is 0 Å². The first-order valence-corrected chi connectivity index (χ1v) is 9.02. The Kier molecular flexibility index (Phi) is 11.5. The van der Waals surface area contributed by atoms with Gasteiger partial charge in [-0.2, -0.15) is 0 Å². The molecular weight excluding hydrogens is 413 g/mol. The van der Waals surface area contributed by atoms with Crippen LogP contribution in [0.5, 0.6) is 11.5 Å². The summed E-state index contributed by atoms with van der Waals surface area (Å²) in [5.74, 6) is 1.33. The lowest BCUT2D eigenvalue weighted by Crippen LogP contribution is -2.20. The Hall–Kier alpha value is -1.21. The zero-order chi connectivity index (χ0) is 18.8. The van der Waals surface area contributed by atoms with Crippen LogP contribution in [-0.2, 0) is 17.9 Å². The van der Waals surface area contributed by atoms with Crippen molar-refractivity contribution in [3.05, 3.63) is 57.6 Å². The van der Waals surface area contributed by atoms with Gasteiger partial charge in [-0.05, 0) is 35.4 Å². The number of rotatable bonds is 11. The molecule has 0 fully saturated rings. The highest BCUT2D eigenvalue weighted by molar-refractivity contribution is 6.42. The summed E-state index contributed by atoms with van der Waals surface area (Å²) < 4.78 is 16.5. The summed E-state index contributed by atoms with van der Waals surface area (Å²) >= 11 is 11.9. The predicted molar refractivity (Wildman–Crippen MR) is 111 cm³/mol. The summed E-state index contributed by atoms with van der Waals surface area (Å²) in [6, 6.07) is 11.2. The van der Waals surface area contributed by atoms with Gasteiger partial charge in [0.05, 0.1) is 37.0 Å². The smallest absolute Gasteiger partial charge is 0.161 e. The van der Waals surface area contributed by atoms with E-state index in [2.05, 4.69) is 5.32 Å². The van der Waals surface area contributed by atoms with Gasteiger partial charge in [0.1, 0.15) is 6.61 Å². The van der Waals surface area contributed by atoms with Crippen molar-refractivity contribution >= 4 is 35.6 Å². The minimum Gasteiger partial charge on any atom is -0.493 e. The van der Waals surface area contributed by atoms with Crippen molar-refractivity contribution in [2.24, 2.45) is 0 Å². The number of halogens is 3. The second-order valence-electron chi connectivity index (χ2n) is 5.54. The van der Waals surface area contributed by atoms with Crippen LogP contribution in [0.1, 0.15) is 11.1 Å². The molecule has 0 amide bonds. The van der Waals surface area contributed by atoms with E-state index in [1.54, 1.807) is 19.2 Å². The Balaban J connectivity index is 0.00000364. The summed E-state index contributed by atoms with van der Waals surface area (Å²) in [6.07, 6.45) is 0. The molecule has 0 unspecified atom stereocenters. The van der Waals surface area contributed by atoms with Crippen LogP contribution < -0.4 is 14.8 Å². The first kappa shape index (κ1) is 23.8. The molecule has 2 aromatic carbocycles. The summed E-state index contributed by atoms with van der Waals surface area (Å²) in [5.41, 5.74) is 2.00. The fourth-order valence-corrected chi connectivity index (χ4v) is 2.60. The van der Waals surface area contributed by atoms with E-state index in [1.807, 2.05) is 24.3 Å². The maximum absolute atomic E-state index is 8.64. The molecule has 0 spiro atoms. The molecule has 0 aliphatic rings. The number of methoxy groups -OCH3 is 1. The third-order valence-corrected chi connectivity index (χ3v) is 4.33. The summed E-state index contributed by atoms with van der Waals surface area (Å²) in [6.45, 7) is 2.72. The van der Waals surface area contributed by atoms with E-state index in [0.29, 0.717) is 54.5 Å². The second-order valence-corrected chi connectivity index (χ2v) is 6.35. The molecule has 0 saturated heterocycles. The number of benzene rings is 2. The molecule has 5 nitrogen and oxygen atoms in total. The average Bonchev–Trinajstić information content (AvgIpc) is 2.66. The Bertz CT molecular complexity index is 701. The van der Waals surface area contributed by atoms with Gasteiger partial charge in [0, 0.05) is 13.1 Å². The number of ether oxygens (including phenoxy) is 3. The van der Waals surface area contributed by atoms with Gasteiger partial charge in [-0.15, -0.1) is 12.4 Å². The van der Waals surface area contributed by atoms with Crippen molar-refractivity contribution in [2.45, 2.75) is 13.2 Å². The topological polar surface area (TPSA) is 60.0 Å². The molecule has 2 rings (SSSR count). The van der Waals surface area contributed by atoms with Gasteiger partial charge >= 0.3 is 0 Å². The lowest BCUT2D eigenvalue weighted by atomic mass is 10.2. The molecule has 27 heavy (non-hydrogen) atoms. The number of aliphatic hydroxyl groups excluding tert-OH is 1. The van der Waals surface area contributed by atoms with Gasteiger partial charge in [-0.25, -0.2) is 0 Å². The van der Waals surface area contributed by atoms with Crippen LogP contribution in [0.2, 0.25) is 10.0 Å². The van der Waals surface area contributed by atoms with Crippen molar-refractivity contribution < 1.29 is 19.3 Å². The molecule has 0 aliphatic heterocycles. The van der Waals surface area contributed by atoms with E-state index in [1.165, 1.54) is 0 Å². The monoisotopic (exact) mass is 435 g/mol. The number of hydrogen-bond acceptors (Lipinski definition) is 5. The normalized spacial score (nSPS) is 10.4. The molecule has 0 bridgehead atoms. The average molecular weight is 437 g/mol. The van der Waals surface area contributed by atoms with Crippen LogP contribution in [0.25, 0.3) is 0 Å². The molecule has 2 aromatic rings. The molecule has 0 heterocycles. The molecule has 0 saturated carbocycles. The molecule has 0 aliphatic carbocycles. The van der Waals surface area contributed by atoms with E-state index in [-0.39, 0.29) is 19.0 Å². The molecule has 0 radical (unpaired) electrons. The minimum atomic E-state index is 0. The van der Waals surface area contributed by atoms with Crippen LogP contribution in [0.4, 0.5) is 0 Å². The minimum absolute atomic E-state index is 0. The first-order valence-electron chi connectivity index (χ1n) is 8.27. The maximum atomic E-state index is 8.64. The van der Waals surface area contributed by atoms with E-state index >= 15 is 0 Å². The van der Waals surface area contributed by atoms with Gasteiger partial charge in [0.15, 0.2) is 11.5 Å². The maximum Gasteiger partial charge on any atom is 0.161 e. The molecule has 2 N–H and O–H groups in total. The standard InChI is InChI=1S/C19H23Cl2NO4.ClH/c1-24-19-11-14(12-22-6-8-25-9-7-23)3-5-18(19)26-13-15-2-4-16(20)17(21)10-15;/h2-5,10-11,22-23H,6-9,12-13H2,1H3;1H. The predicted octanol–water partition coefficient (Wildman–Crippen LogP) is 4.10. The third-order valence-electron chi connectivity index (χ3n) is 3.59. The Labute approximate surface area is 175 Å². The molecule has 0 aromatic heterocycles. The number of aliphatic hydroxyl groups is 1. The van der Waals surface area contributed by atoms with Crippen LogP contribution in [0.15, 0.2) is 36.4 Å². The van der Waals surface area contributed by atoms with Crippen molar-refractivity contribution in [1.82, 2.24) is 5.32 Å². The van der Waals surface area contributed by atoms with Crippen molar-refractivity contribution in [3.63, 3.8) is 0 Å². The zero-order valence-corrected chi connectivity index (χ0v) is 17.4.